The van der Waals surface area contributed by atoms with Crippen LogP contribution in [0.1, 0.15) is 22.3 Å². The number of fused-ring (bicyclic) bond motifs is 5. The summed E-state index contributed by atoms with van der Waals surface area (Å²) in [7, 11) is 0. The Bertz CT molecular complexity index is 2700. The minimum absolute atomic E-state index is 0.411. The van der Waals surface area contributed by atoms with Crippen molar-refractivity contribution in [2.45, 2.75) is 5.41 Å². The van der Waals surface area contributed by atoms with Gasteiger partial charge in [-0.25, -0.2) is 0 Å². The molecule has 1 aliphatic rings. The van der Waals surface area contributed by atoms with E-state index in [9.17, 15) is 0 Å². The van der Waals surface area contributed by atoms with Crippen LogP contribution in [0.4, 0.5) is 0 Å². The van der Waals surface area contributed by atoms with Crippen LogP contribution in [0.2, 0.25) is 0 Å². The van der Waals surface area contributed by atoms with Gasteiger partial charge in [-0.3, -0.25) is 0 Å². The zero-order chi connectivity index (χ0) is 33.8. The highest BCUT2D eigenvalue weighted by atomic mass is 14.5. The monoisotopic (exact) mass is 646 g/mol. The Morgan fingerprint density at radius 3 is 1.29 bits per heavy atom. The number of hydrogen-bond acceptors (Lipinski definition) is 0. The second kappa shape index (κ2) is 11.8. The van der Waals surface area contributed by atoms with Crippen LogP contribution in [0.15, 0.2) is 206 Å². The van der Waals surface area contributed by atoms with Crippen LogP contribution in [0.25, 0.3) is 66.1 Å². The van der Waals surface area contributed by atoms with Crippen LogP contribution in [-0.4, -0.2) is 0 Å². The molecule has 0 amide bonds. The van der Waals surface area contributed by atoms with Gasteiger partial charge >= 0.3 is 0 Å². The summed E-state index contributed by atoms with van der Waals surface area (Å²) < 4.78 is 0. The molecule has 0 nitrogen and oxygen atoms in total. The molecule has 0 aliphatic heterocycles. The summed E-state index contributed by atoms with van der Waals surface area (Å²) in [5.74, 6) is 0. The largest absolute Gasteiger partial charge is 0.0713 e. The third kappa shape index (κ3) is 4.76. The van der Waals surface area contributed by atoms with E-state index in [0.29, 0.717) is 0 Å². The summed E-state index contributed by atoms with van der Waals surface area (Å²) in [5, 5.41) is 5.03. The maximum atomic E-state index is 2.45. The molecule has 9 aromatic rings. The van der Waals surface area contributed by atoms with E-state index in [4.69, 9.17) is 0 Å². The zero-order valence-electron chi connectivity index (χ0n) is 28.1. The third-order valence-corrected chi connectivity index (χ3v) is 10.9. The molecule has 0 radical (unpaired) electrons. The minimum Gasteiger partial charge on any atom is -0.0622 e. The number of hydrogen-bond donors (Lipinski definition) is 0. The van der Waals surface area contributed by atoms with Gasteiger partial charge in [0.1, 0.15) is 0 Å². The first-order valence-corrected chi connectivity index (χ1v) is 17.7. The molecule has 0 bridgehead atoms. The van der Waals surface area contributed by atoms with E-state index in [1.165, 1.54) is 88.3 Å². The Morgan fingerprint density at radius 1 is 0.235 bits per heavy atom. The van der Waals surface area contributed by atoms with Crippen LogP contribution >= 0.6 is 0 Å². The molecule has 10 rings (SSSR count). The lowest BCUT2D eigenvalue weighted by Gasteiger charge is -2.34. The van der Waals surface area contributed by atoms with E-state index < -0.39 is 5.41 Å². The molecule has 0 fully saturated rings. The SMILES string of the molecule is c1ccc(C2(c3ccccc3)c3ccccc3-c3ccc(-c4cccc(-c5ccc6cc(-c7ccc8ccccc8c7)ccc6c5)c4)cc32)cc1. The average molecular weight is 647 g/mol. The fourth-order valence-corrected chi connectivity index (χ4v) is 8.48. The molecule has 0 N–H and O–H groups in total. The topological polar surface area (TPSA) is 0 Å². The van der Waals surface area contributed by atoms with Gasteiger partial charge in [-0.1, -0.05) is 176 Å². The summed E-state index contributed by atoms with van der Waals surface area (Å²) >= 11 is 0. The molecule has 0 spiro atoms. The van der Waals surface area contributed by atoms with Crippen molar-refractivity contribution >= 4 is 21.5 Å². The Balaban J connectivity index is 1.06. The van der Waals surface area contributed by atoms with Crippen LogP contribution in [0, 0.1) is 0 Å². The molecular formula is C51H34. The quantitative estimate of drug-likeness (QED) is 0.175. The fraction of sp³-hybridized carbons (Fsp3) is 0.0196. The summed E-state index contributed by atoms with van der Waals surface area (Å²) in [6.07, 6.45) is 0. The molecule has 0 heterocycles. The summed E-state index contributed by atoms with van der Waals surface area (Å²) in [5.41, 5.74) is 14.8. The van der Waals surface area contributed by atoms with Crippen molar-refractivity contribution in [3.8, 4) is 44.5 Å². The minimum atomic E-state index is -0.411. The van der Waals surface area contributed by atoms with Crippen LogP contribution in [0.5, 0.6) is 0 Å². The molecule has 0 aromatic heterocycles. The first-order chi connectivity index (χ1) is 25.3. The molecule has 0 saturated carbocycles. The van der Waals surface area contributed by atoms with E-state index in [1.807, 2.05) is 0 Å². The lowest BCUT2D eigenvalue weighted by Crippen LogP contribution is -2.28. The Morgan fingerprint density at radius 2 is 0.667 bits per heavy atom. The lowest BCUT2D eigenvalue weighted by molar-refractivity contribution is 0.769. The molecule has 1 aliphatic carbocycles. The molecule has 51 heavy (non-hydrogen) atoms. The van der Waals surface area contributed by atoms with Crippen molar-refractivity contribution < 1.29 is 0 Å². The van der Waals surface area contributed by atoms with Crippen molar-refractivity contribution in [3.05, 3.63) is 229 Å². The smallest absolute Gasteiger partial charge is 0.0622 e. The Kier molecular flexibility index (Phi) is 6.82. The molecule has 0 heteroatoms. The van der Waals surface area contributed by atoms with E-state index in [2.05, 4.69) is 206 Å². The van der Waals surface area contributed by atoms with E-state index in [0.717, 1.165) is 0 Å². The maximum absolute atomic E-state index is 2.45. The first kappa shape index (κ1) is 29.4. The molecule has 9 aromatic carbocycles. The predicted octanol–water partition coefficient (Wildman–Crippen LogP) is 13.4. The Hall–Kier alpha value is -6.50. The van der Waals surface area contributed by atoms with Crippen molar-refractivity contribution in [3.63, 3.8) is 0 Å². The van der Waals surface area contributed by atoms with Gasteiger partial charge in [-0.05, 0) is 119 Å². The molecule has 0 saturated heterocycles. The van der Waals surface area contributed by atoms with Crippen LogP contribution < -0.4 is 0 Å². The van der Waals surface area contributed by atoms with Gasteiger partial charge in [-0.15, -0.1) is 0 Å². The second-order valence-electron chi connectivity index (χ2n) is 13.7. The molecule has 238 valence electrons. The summed E-state index contributed by atoms with van der Waals surface area (Å²) in [6, 6.07) is 76.1. The second-order valence-corrected chi connectivity index (χ2v) is 13.7. The standard InChI is InChI=1S/C51H34/c1-3-16-45(17-4-1)51(46-18-5-2-6-19-46)49-21-10-9-20-47(49)48-29-28-44(34-50(48)51)38-15-11-14-37(31-38)39-24-25-43-33-42(27-26-41(43)32-39)40-23-22-35-12-7-8-13-36(35)30-40/h1-34H. The molecule has 0 atom stereocenters. The van der Waals surface area contributed by atoms with Crippen molar-refractivity contribution in [2.75, 3.05) is 0 Å². The van der Waals surface area contributed by atoms with Gasteiger partial charge in [0.05, 0.1) is 5.41 Å². The van der Waals surface area contributed by atoms with Gasteiger partial charge in [0, 0.05) is 0 Å². The van der Waals surface area contributed by atoms with E-state index in [-0.39, 0.29) is 0 Å². The summed E-state index contributed by atoms with van der Waals surface area (Å²) in [6.45, 7) is 0. The highest BCUT2D eigenvalue weighted by Gasteiger charge is 2.46. The fourth-order valence-electron chi connectivity index (χ4n) is 8.48. The van der Waals surface area contributed by atoms with Crippen LogP contribution in [-0.2, 0) is 5.41 Å². The van der Waals surface area contributed by atoms with E-state index in [1.54, 1.807) is 0 Å². The van der Waals surface area contributed by atoms with Gasteiger partial charge in [-0.2, -0.15) is 0 Å². The van der Waals surface area contributed by atoms with Crippen molar-refractivity contribution in [1.82, 2.24) is 0 Å². The normalized spacial score (nSPS) is 12.9. The highest BCUT2D eigenvalue weighted by molar-refractivity contribution is 5.94. The van der Waals surface area contributed by atoms with Gasteiger partial charge in [0.15, 0.2) is 0 Å². The van der Waals surface area contributed by atoms with Crippen molar-refractivity contribution in [1.29, 1.82) is 0 Å². The molecular weight excluding hydrogens is 613 g/mol. The summed E-state index contributed by atoms with van der Waals surface area (Å²) in [4.78, 5) is 0. The predicted molar refractivity (Wildman–Crippen MR) is 215 cm³/mol. The Labute approximate surface area is 298 Å². The lowest BCUT2D eigenvalue weighted by atomic mass is 9.67. The third-order valence-electron chi connectivity index (χ3n) is 10.9. The van der Waals surface area contributed by atoms with E-state index >= 15 is 0 Å². The van der Waals surface area contributed by atoms with Crippen LogP contribution in [0.3, 0.4) is 0 Å². The average Bonchev–Trinajstić information content (AvgIpc) is 3.51. The van der Waals surface area contributed by atoms with Gasteiger partial charge in [0.25, 0.3) is 0 Å². The first-order valence-electron chi connectivity index (χ1n) is 17.7. The number of rotatable bonds is 5. The highest BCUT2D eigenvalue weighted by Crippen LogP contribution is 2.56. The zero-order valence-corrected chi connectivity index (χ0v) is 28.1. The van der Waals surface area contributed by atoms with Gasteiger partial charge < -0.3 is 0 Å². The van der Waals surface area contributed by atoms with Crippen molar-refractivity contribution in [2.24, 2.45) is 0 Å². The number of benzene rings is 9. The maximum Gasteiger partial charge on any atom is 0.0713 e. The van der Waals surface area contributed by atoms with Gasteiger partial charge in [0.2, 0.25) is 0 Å². The molecule has 0 unspecified atom stereocenters.